The van der Waals surface area contributed by atoms with Crippen molar-refractivity contribution in [3.63, 3.8) is 0 Å². The number of hydrogen-bond acceptors (Lipinski definition) is 4. The van der Waals surface area contributed by atoms with Crippen LogP contribution < -0.4 is 11.1 Å². The molecule has 1 atom stereocenters. The number of aromatic nitrogens is 1. The maximum absolute atomic E-state index is 5.91. The summed E-state index contributed by atoms with van der Waals surface area (Å²) in [6, 6.07) is 1.92. The summed E-state index contributed by atoms with van der Waals surface area (Å²) in [7, 11) is 0. The Balaban J connectivity index is 2.54. The Morgan fingerprint density at radius 2 is 2.33 bits per heavy atom. The zero-order chi connectivity index (χ0) is 11.3. The molecule has 0 saturated heterocycles. The number of nitrogen functional groups attached to an aromatic ring is 1. The average Bonchev–Trinajstić information content (AvgIpc) is 2.21. The molecule has 3 N–H and O–H groups in total. The van der Waals surface area contributed by atoms with E-state index in [0.29, 0.717) is 5.92 Å². The van der Waals surface area contributed by atoms with Crippen LogP contribution in [0, 0.1) is 12.8 Å². The lowest BCUT2D eigenvalue weighted by Gasteiger charge is -2.13. The Bertz CT molecular complexity index is 315. The largest absolute Gasteiger partial charge is 0.396 e. The Hall–Kier alpha value is -0.900. The van der Waals surface area contributed by atoms with Gasteiger partial charge in [-0.15, -0.1) is 0 Å². The molecule has 1 rings (SSSR count). The maximum Gasteiger partial charge on any atom is 0.149 e. The Labute approximate surface area is 95.9 Å². The van der Waals surface area contributed by atoms with Crippen LogP contribution in [-0.4, -0.2) is 23.5 Å². The second-order valence-electron chi connectivity index (χ2n) is 3.83. The predicted octanol–water partition coefficient (Wildman–Crippen LogP) is 2.38. The van der Waals surface area contributed by atoms with Crippen molar-refractivity contribution in [3.8, 4) is 0 Å². The lowest BCUT2D eigenvalue weighted by Crippen LogP contribution is -2.15. The van der Waals surface area contributed by atoms with E-state index < -0.39 is 0 Å². The van der Waals surface area contributed by atoms with Crippen LogP contribution in [0.3, 0.4) is 0 Å². The molecule has 1 heterocycles. The van der Waals surface area contributed by atoms with E-state index in [2.05, 4.69) is 23.5 Å². The maximum atomic E-state index is 5.91. The number of thioether (sulfide) groups is 1. The van der Waals surface area contributed by atoms with Gasteiger partial charge in [0.05, 0.1) is 5.69 Å². The van der Waals surface area contributed by atoms with Crippen molar-refractivity contribution >= 4 is 23.3 Å². The number of hydrogen-bond donors (Lipinski definition) is 2. The normalized spacial score (nSPS) is 12.5. The number of nitrogens with two attached hydrogens (primary N) is 1. The molecule has 0 aliphatic rings. The molecule has 1 unspecified atom stereocenters. The van der Waals surface area contributed by atoms with E-state index in [0.717, 1.165) is 29.4 Å². The Morgan fingerprint density at radius 3 is 3.00 bits per heavy atom. The highest BCUT2D eigenvalue weighted by Gasteiger charge is 2.05. The van der Waals surface area contributed by atoms with Gasteiger partial charge in [0.15, 0.2) is 0 Å². The lowest BCUT2D eigenvalue weighted by atomic mass is 10.2. The first kappa shape index (κ1) is 12.2. The van der Waals surface area contributed by atoms with Gasteiger partial charge in [-0.3, -0.25) is 0 Å². The first-order valence-electron chi connectivity index (χ1n) is 5.09. The van der Waals surface area contributed by atoms with Crippen molar-refractivity contribution in [2.24, 2.45) is 5.92 Å². The topological polar surface area (TPSA) is 50.9 Å². The number of rotatable bonds is 5. The molecule has 0 saturated carbocycles. The van der Waals surface area contributed by atoms with Gasteiger partial charge < -0.3 is 11.1 Å². The highest BCUT2D eigenvalue weighted by molar-refractivity contribution is 7.98. The molecule has 0 fully saturated rings. The van der Waals surface area contributed by atoms with Gasteiger partial charge in [0.25, 0.3) is 0 Å². The number of nitrogens with one attached hydrogen (secondary N) is 1. The second kappa shape index (κ2) is 5.85. The molecule has 0 amide bonds. The Kier molecular flexibility index (Phi) is 4.75. The predicted molar refractivity (Wildman–Crippen MR) is 69.4 cm³/mol. The monoisotopic (exact) mass is 225 g/mol. The first-order valence-corrected chi connectivity index (χ1v) is 6.48. The van der Waals surface area contributed by atoms with Crippen LogP contribution in [0.4, 0.5) is 11.5 Å². The van der Waals surface area contributed by atoms with E-state index in [9.17, 15) is 0 Å². The molecule has 0 aromatic carbocycles. The molecule has 0 spiro atoms. The summed E-state index contributed by atoms with van der Waals surface area (Å²) in [6.45, 7) is 5.13. The van der Waals surface area contributed by atoms with Crippen molar-refractivity contribution < 1.29 is 0 Å². The van der Waals surface area contributed by atoms with Crippen LogP contribution in [-0.2, 0) is 0 Å². The molecule has 15 heavy (non-hydrogen) atoms. The van der Waals surface area contributed by atoms with Gasteiger partial charge in [0.1, 0.15) is 5.82 Å². The van der Waals surface area contributed by atoms with Crippen LogP contribution in [0.25, 0.3) is 0 Å². The smallest absolute Gasteiger partial charge is 0.149 e. The van der Waals surface area contributed by atoms with E-state index in [1.807, 2.05) is 24.8 Å². The molecular formula is C11H19N3S. The SMILES string of the molecule is CSCC(C)CNc1nccc(C)c1N. The van der Waals surface area contributed by atoms with Crippen LogP contribution in [0.1, 0.15) is 12.5 Å². The minimum absolute atomic E-state index is 0.627. The molecule has 3 nitrogen and oxygen atoms in total. The summed E-state index contributed by atoms with van der Waals surface area (Å²) in [6.07, 6.45) is 3.91. The standard InChI is InChI=1S/C11H19N3S/c1-8(7-15-3)6-14-11-10(12)9(2)4-5-13-11/h4-5,8H,6-7,12H2,1-3H3,(H,13,14). The fraction of sp³-hybridized carbons (Fsp3) is 0.545. The highest BCUT2D eigenvalue weighted by atomic mass is 32.2. The summed E-state index contributed by atoms with van der Waals surface area (Å²) in [4.78, 5) is 4.23. The summed E-state index contributed by atoms with van der Waals surface area (Å²) in [5.41, 5.74) is 7.74. The molecule has 0 radical (unpaired) electrons. The fourth-order valence-corrected chi connectivity index (χ4v) is 2.01. The number of nitrogens with zero attached hydrogens (tertiary/aromatic N) is 1. The number of pyridine rings is 1. The van der Waals surface area contributed by atoms with E-state index >= 15 is 0 Å². The van der Waals surface area contributed by atoms with Crippen molar-refractivity contribution in [2.75, 3.05) is 29.6 Å². The zero-order valence-corrected chi connectivity index (χ0v) is 10.4. The van der Waals surface area contributed by atoms with E-state index in [-0.39, 0.29) is 0 Å². The molecule has 0 bridgehead atoms. The third-order valence-corrected chi connectivity index (χ3v) is 3.18. The summed E-state index contributed by atoms with van der Waals surface area (Å²) in [5.74, 6) is 2.59. The minimum Gasteiger partial charge on any atom is -0.396 e. The molecule has 1 aromatic heterocycles. The summed E-state index contributed by atoms with van der Waals surface area (Å²) < 4.78 is 0. The molecule has 1 aromatic rings. The Morgan fingerprint density at radius 1 is 1.60 bits per heavy atom. The zero-order valence-electron chi connectivity index (χ0n) is 9.58. The van der Waals surface area contributed by atoms with Gasteiger partial charge in [0, 0.05) is 12.7 Å². The summed E-state index contributed by atoms with van der Waals surface area (Å²) >= 11 is 1.86. The molecule has 84 valence electrons. The van der Waals surface area contributed by atoms with E-state index in [1.165, 1.54) is 0 Å². The van der Waals surface area contributed by atoms with Crippen LogP contribution in [0.2, 0.25) is 0 Å². The molecule has 0 aliphatic carbocycles. The quantitative estimate of drug-likeness (QED) is 0.808. The van der Waals surface area contributed by atoms with Gasteiger partial charge >= 0.3 is 0 Å². The minimum atomic E-state index is 0.627. The van der Waals surface area contributed by atoms with Crippen molar-refractivity contribution in [1.82, 2.24) is 4.98 Å². The van der Waals surface area contributed by atoms with Crippen LogP contribution in [0.15, 0.2) is 12.3 Å². The van der Waals surface area contributed by atoms with E-state index in [4.69, 9.17) is 5.73 Å². The van der Waals surface area contributed by atoms with E-state index in [1.54, 1.807) is 6.20 Å². The van der Waals surface area contributed by atoms with Gasteiger partial charge in [-0.1, -0.05) is 6.92 Å². The molecular weight excluding hydrogens is 206 g/mol. The average molecular weight is 225 g/mol. The van der Waals surface area contributed by atoms with Gasteiger partial charge in [-0.25, -0.2) is 4.98 Å². The first-order chi connectivity index (χ1) is 7.15. The van der Waals surface area contributed by atoms with Gasteiger partial charge in [-0.2, -0.15) is 11.8 Å². The van der Waals surface area contributed by atoms with Crippen molar-refractivity contribution in [2.45, 2.75) is 13.8 Å². The molecule has 4 heteroatoms. The lowest BCUT2D eigenvalue weighted by molar-refractivity contribution is 0.700. The van der Waals surface area contributed by atoms with Crippen molar-refractivity contribution in [3.05, 3.63) is 17.8 Å². The van der Waals surface area contributed by atoms with Crippen molar-refractivity contribution in [1.29, 1.82) is 0 Å². The fourth-order valence-electron chi connectivity index (χ4n) is 1.32. The third-order valence-electron chi connectivity index (χ3n) is 2.28. The van der Waals surface area contributed by atoms with Gasteiger partial charge in [0.2, 0.25) is 0 Å². The highest BCUT2D eigenvalue weighted by Crippen LogP contribution is 2.19. The number of aryl methyl sites for hydroxylation is 1. The molecule has 0 aliphatic heterocycles. The third kappa shape index (κ3) is 3.63. The second-order valence-corrected chi connectivity index (χ2v) is 4.74. The van der Waals surface area contributed by atoms with Gasteiger partial charge in [-0.05, 0) is 36.5 Å². The van der Waals surface area contributed by atoms with Crippen LogP contribution in [0.5, 0.6) is 0 Å². The van der Waals surface area contributed by atoms with Crippen LogP contribution >= 0.6 is 11.8 Å². The summed E-state index contributed by atoms with van der Waals surface area (Å²) in [5, 5.41) is 3.29. The number of anilines is 2.